The number of benzene rings is 1. The average molecular weight is 298 g/mol. The first-order chi connectivity index (χ1) is 9.79. The van der Waals surface area contributed by atoms with Gasteiger partial charge in [-0.3, -0.25) is 9.59 Å². The number of rotatable bonds is 6. The molecular weight excluding hydrogens is 276 g/mol. The number of hydrogen-bond acceptors (Lipinski definition) is 5. The summed E-state index contributed by atoms with van der Waals surface area (Å²) in [6, 6.07) is 8.47. The molecule has 0 bridgehead atoms. The fourth-order valence-electron chi connectivity index (χ4n) is 1.37. The number of aliphatic carboxylic acids is 2. The van der Waals surface area contributed by atoms with Crippen molar-refractivity contribution in [2.24, 2.45) is 5.73 Å². The van der Waals surface area contributed by atoms with Crippen LogP contribution in [0.5, 0.6) is 0 Å². The number of carboxylic acids is 2. The number of carbonyl (C=O) groups is 2. The molecule has 0 aliphatic carbocycles. The van der Waals surface area contributed by atoms with Crippen molar-refractivity contribution in [1.29, 1.82) is 0 Å². The lowest BCUT2D eigenvalue weighted by Crippen LogP contribution is -2.32. The van der Waals surface area contributed by atoms with Crippen molar-refractivity contribution < 1.29 is 24.9 Å². The Bertz CT molecular complexity index is 438. The van der Waals surface area contributed by atoms with E-state index < -0.39 is 30.5 Å². The monoisotopic (exact) mass is 298 g/mol. The van der Waals surface area contributed by atoms with E-state index in [2.05, 4.69) is 5.32 Å². The van der Waals surface area contributed by atoms with Crippen LogP contribution in [0.2, 0.25) is 0 Å². The van der Waals surface area contributed by atoms with Gasteiger partial charge in [-0.15, -0.1) is 0 Å². The van der Waals surface area contributed by atoms with Gasteiger partial charge in [0.05, 0.1) is 12.5 Å². The van der Waals surface area contributed by atoms with Crippen molar-refractivity contribution in [1.82, 2.24) is 5.32 Å². The Labute approximate surface area is 123 Å². The zero-order valence-corrected chi connectivity index (χ0v) is 12.1. The predicted octanol–water partition coefficient (Wildman–Crippen LogP) is 0.201. The van der Waals surface area contributed by atoms with Crippen molar-refractivity contribution in [3.05, 3.63) is 35.9 Å². The second-order valence-electron chi connectivity index (χ2n) is 4.48. The molecule has 21 heavy (non-hydrogen) atoms. The van der Waals surface area contributed by atoms with Crippen LogP contribution in [0.1, 0.15) is 25.0 Å². The first-order valence-corrected chi connectivity index (χ1v) is 6.40. The van der Waals surface area contributed by atoms with Crippen LogP contribution in [0.4, 0.5) is 0 Å². The summed E-state index contributed by atoms with van der Waals surface area (Å²) in [6.45, 7) is 1.96. The lowest BCUT2D eigenvalue weighted by molar-refractivity contribution is -0.144. The Morgan fingerprint density at radius 2 is 1.76 bits per heavy atom. The summed E-state index contributed by atoms with van der Waals surface area (Å²) in [7, 11) is 1.84. The van der Waals surface area contributed by atoms with Crippen molar-refractivity contribution >= 4 is 11.9 Å². The Kier molecular flexibility index (Phi) is 8.95. The maximum Gasteiger partial charge on any atom is 0.321 e. The molecule has 2 unspecified atom stereocenters. The lowest BCUT2D eigenvalue weighted by atomic mass is 10.0. The normalized spacial score (nSPS) is 14.3. The van der Waals surface area contributed by atoms with Crippen LogP contribution in [-0.4, -0.2) is 46.4 Å². The van der Waals surface area contributed by atoms with Gasteiger partial charge in [0.1, 0.15) is 6.04 Å². The van der Waals surface area contributed by atoms with E-state index in [1.54, 1.807) is 0 Å². The molecule has 1 aromatic rings. The summed E-state index contributed by atoms with van der Waals surface area (Å²) in [6.07, 6.45) is -0.953. The van der Waals surface area contributed by atoms with Crippen LogP contribution in [0.15, 0.2) is 30.3 Å². The molecule has 1 rings (SSSR count). The molecule has 3 atom stereocenters. The zero-order chi connectivity index (χ0) is 16.4. The third-order valence-corrected chi connectivity index (χ3v) is 2.78. The van der Waals surface area contributed by atoms with E-state index in [1.807, 2.05) is 44.3 Å². The van der Waals surface area contributed by atoms with E-state index >= 15 is 0 Å². The van der Waals surface area contributed by atoms with Crippen LogP contribution in [0.25, 0.3) is 0 Å². The maximum atomic E-state index is 9.85. The van der Waals surface area contributed by atoms with Crippen LogP contribution in [0, 0.1) is 0 Å². The molecule has 6 N–H and O–H groups in total. The Morgan fingerprint density at radius 1 is 1.24 bits per heavy atom. The molecule has 0 spiro atoms. The molecule has 0 aliphatic heterocycles. The third kappa shape index (κ3) is 8.03. The van der Waals surface area contributed by atoms with Gasteiger partial charge >= 0.3 is 11.9 Å². The van der Waals surface area contributed by atoms with Gasteiger partial charge < -0.3 is 26.4 Å². The standard InChI is InChI=1S/C10H15NO.C4H7NO4/c1-8(11-2)10(12)9-6-4-3-5-7-9;5-2(4(8)9)1-3(6)7/h3-8,10-12H,1-2H3;2H,1,5H2,(H,6,7)(H,8,9)/t;2-/m.0/s1. The van der Waals surface area contributed by atoms with E-state index in [9.17, 15) is 14.7 Å². The molecule has 0 aromatic heterocycles. The highest BCUT2D eigenvalue weighted by atomic mass is 16.4. The summed E-state index contributed by atoms with van der Waals surface area (Å²) >= 11 is 0. The summed E-state index contributed by atoms with van der Waals surface area (Å²) in [5, 5.41) is 28.8. The summed E-state index contributed by atoms with van der Waals surface area (Å²) in [5.41, 5.74) is 5.79. The van der Waals surface area contributed by atoms with Gasteiger partial charge in [0, 0.05) is 6.04 Å². The third-order valence-electron chi connectivity index (χ3n) is 2.78. The SMILES string of the molecule is CNC(C)C(O)c1ccccc1.N[C@@H](CC(=O)O)C(=O)O. The number of aliphatic hydroxyl groups excluding tert-OH is 1. The smallest absolute Gasteiger partial charge is 0.321 e. The Balaban J connectivity index is 0.000000400. The van der Waals surface area contributed by atoms with Gasteiger partial charge in [-0.2, -0.15) is 0 Å². The van der Waals surface area contributed by atoms with E-state index in [-0.39, 0.29) is 6.04 Å². The predicted molar refractivity (Wildman–Crippen MR) is 77.8 cm³/mol. The fourth-order valence-corrected chi connectivity index (χ4v) is 1.37. The fraction of sp³-hybridized carbons (Fsp3) is 0.429. The highest BCUT2D eigenvalue weighted by Gasteiger charge is 2.14. The number of nitrogens with one attached hydrogen (secondary N) is 1. The average Bonchev–Trinajstić information content (AvgIpc) is 2.46. The highest BCUT2D eigenvalue weighted by Crippen LogP contribution is 2.15. The molecule has 0 amide bonds. The molecular formula is C14H22N2O5. The van der Waals surface area contributed by atoms with Gasteiger partial charge in [0.2, 0.25) is 0 Å². The molecule has 0 aliphatic rings. The number of nitrogens with two attached hydrogens (primary N) is 1. The maximum absolute atomic E-state index is 9.85. The second kappa shape index (κ2) is 9.87. The molecule has 0 saturated carbocycles. The van der Waals surface area contributed by atoms with E-state index in [1.165, 1.54) is 0 Å². The quantitative estimate of drug-likeness (QED) is 0.506. The van der Waals surface area contributed by atoms with Crippen molar-refractivity contribution in [3.63, 3.8) is 0 Å². The minimum atomic E-state index is -1.29. The van der Waals surface area contributed by atoms with Crippen LogP contribution < -0.4 is 11.1 Å². The topological polar surface area (TPSA) is 133 Å². The molecule has 0 saturated heterocycles. The zero-order valence-electron chi connectivity index (χ0n) is 12.1. The van der Waals surface area contributed by atoms with E-state index in [4.69, 9.17) is 15.9 Å². The number of likely N-dealkylation sites (N-methyl/N-ethyl adjacent to an activating group) is 1. The summed E-state index contributed by atoms with van der Waals surface area (Å²) in [5.74, 6) is -2.50. The lowest BCUT2D eigenvalue weighted by Gasteiger charge is -2.17. The van der Waals surface area contributed by atoms with Gasteiger partial charge in [0.25, 0.3) is 0 Å². The van der Waals surface area contributed by atoms with Gasteiger partial charge in [-0.25, -0.2) is 0 Å². The molecule has 7 nitrogen and oxygen atoms in total. The number of hydrogen-bond donors (Lipinski definition) is 5. The molecule has 0 radical (unpaired) electrons. The van der Waals surface area contributed by atoms with Crippen molar-refractivity contribution in [2.75, 3.05) is 7.05 Å². The highest BCUT2D eigenvalue weighted by molar-refractivity contribution is 5.80. The van der Waals surface area contributed by atoms with Gasteiger partial charge in [0.15, 0.2) is 0 Å². The van der Waals surface area contributed by atoms with Crippen molar-refractivity contribution in [3.8, 4) is 0 Å². The van der Waals surface area contributed by atoms with Crippen LogP contribution in [0.3, 0.4) is 0 Å². The largest absolute Gasteiger partial charge is 0.481 e. The first-order valence-electron chi connectivity index (χ1n) is 6.40. The molecule has 0 fully saturated rings. The molecule has 0 heterocycles. The van der Waals surface area contributed by atoms with Crippen LogP contribution >= 0.6 is 0 Å². The van der Waals surface area contributed by atoms with Gasteiger partial charge in [-0.1, -0.05) is 30.3 Å². The number of aliphatic hydroxyl groups is 1. The van der Waals surface area contributed by atoms with E-state index in [0.29, 0.717) is 0 Å². The summed E-state index contributed by atoms with van der Waals surface area (Å²) < 4.78 is 0. The van der Waals surface area contributed by atoms with Crippen molar-refractivity contribution in [2.45, 2.75) is 31.5 Å². The first kappa shape index (κ1) is 19.0. The molecule has 1 aromatic carbocycles. The minimum absolute atomic E-state index is 0.0902. The minimum Gasteiger partial charge on any atom is -0.481 e. The Morgan fingerprint density at radius 3 is 2.10 bits per heavy atom. The molecule has 118 valence electrons. The summed E-state index contributed by atoms with van der Waals surface area (Å²) in [4.78, 5) is 19.6. The second-order valence-corrected chi connectivity index (χ2v) is 4.48. The van der Waals surface area contributed by atoms with Crippen LogP contribution in [-0.2, 0) is 9.59 Å². The van der Waals surface area contributed by atoms with Gasteiger partial charge in [-0.05, 0) is 19.5 Å². The molecule has 7 heteroatoms. The van der Waals surface area contributed by atoms with E-state index in [0.717, 1.165) is 5.56 Å². The number of carboxylic acid groups (broad SMARTS) is 2. The Hall–Kier alpha value is -1.96.